The Balaban J connectivity index is 1.59. The number of amides is 1. The predicted octanol–water partition coefficient (Wildman–Crippen LogP) is 2.46. The van der Waals surface area contributed by atoms with E-state index in [9.17, 15) is 4.79 Å². The van der Waals surface area contributed by atoms with Gasteiger partial charge in [-0.2, -0.15) is 0 Å². The van der Waals surface area contributed by atoms with Crippen LogP contribution in [0.1, 0.15) is 10.5 Å². The number of carbonyl (C=O) groups excluding carboxylic acids is 1. The van der Waals surface area contributed by atoms with E-state index in [4.69, 9.17) is 11.6 Å². The topological polar surface area (TPSA) is 71.8 Å². The Kier molecular flexibility index (Phi) is 4.43. The molecule has 2 N–H and O–H groups in total. The zero-order valence-electron chi connectivity index (χ0n) is 12.6. The molecule has 1 aromatic carbocycles. The average Bonchev–Trinajstić information content (AvgIpc) is 2.97. The zero-order valence-corrected chi connectivity index (χ0v) is 13.3. The van der Waals surface area contributed by atoms with E-state index in [1.807, 2.05) is 25.4 Å². The number of anilines is 1. The Bertz CT molecular complexity index is 845. The van der Waals surface area contributed by atoms with Crippen LogP contribution < -0.4 is 10.6 Å². The first-order valence-corrected chi connectivity index (χ1v) is 7.56. The number of nitrogens with one attached hydrogen (secondary N) is 2. The van der Waals surface area contributed by atoms with Gasteiger partial charge in [0.15, 0.2) is 0 Å². The molecule has 6 nitrogen and oxygen atoms in total. The van der Waals surface area contributed by atoms with Crippen LogP contribution in [0.5, 0.6) is 0 Å². The summed E-state index contributed by atoms with van der Waals surface area (Å²) in [5.41, 5.74) is 1.41. The van der Waals surface area contributed by atoms with Crippen LogP contribution in [0.15, 0.2) is 42.9 Å². The van der Waals surface area contributed by atoms with Crippen molar-refractivity contribution in [2.24, 2.45) is 7.05 Å². The minimum Gasteiger partial charge on any atom is -0.368 e. The van der Waals surface area contributed by atoms with Gasteiger partial charge in [-0.05, 0) is 30.3 Å². The van der Waals surface area contributed by atoms with Crippen molar-refractivity contribution in [1.82, 2.24) is 19.9 Å². The van der Waals surface area contributed by atoms with Crippen molar-refractivity contribution in [3.8, 4) is 0 Å². The van der Waals surface area contributed by atoms with E-state index in [0.29, 0.717) is 23.8 Å². The maximum atomic E-state index is 12.0. The lowest BCUT2D eigenvalue weighted by Gasteiger charge is -2.09. The summed E-state index contributed by atoms with van der Waals surface area (Å²) < 4.78 is 1.78. The molecule has 1 amide bonds. The molecule has 0 atom stereocenters. The van der Waals surface area contributed by atoms with Gasteiger partial charge in [-0.15, -0.1) is 0 Å². The fraction of sp³-hybridized carbons (Fsp3) is 0.188. The summed E-state index contributed by atoms with van der Waals surface area (Å²) in [6.45, 7) is 1.05. The molecule has 0 fully saturated rings. The summed E-state index contributed by atoms with van der Waals surface area (Å²) in [4.78, 5) is 20.4. The van der Waals surface area contributed by atoms with Gasteiger partial charge in [0.1, 0.15) is 17.8 Å². The molecule has 7 heteroatoms. The van der Waals surface area contributed by atoms with E-state index in [0.717, 1.165) is 16.7 Å². The molecule has 23 heavy (non-hydrogen) atoms. The number of carbonyl (C=O) groups is 1. The number of hydrogen-bond donors (Lipinski definition) is 2. The highest BCUT2D eigenvalue weighted by Gasteiger charge is 2.08. The Morgan fingerprint density at radius 3 is 2.91 bits per heavy atom. The van der Waals surface area contributed by atoms with Gasteiger partial charge in [0.2, 0.25) is 0 Å². The quantitative estimate of drug-likeness (QED) is 0.705. The van der Waals surface area contributed by atoms with Crippen molar-refractivity contribution in [3.05, 3.63) is 53.6 Å². The van der Waals surface area contributed by atoms with Crippen molar-refractivity contribution in [2.45, 2.75) is 0 Å². The molecule has 0 aliphatic carbocycles. The lowest BCUT2D eigenvalue weighted by atomic mass is 10.2. The first-order chi connectivity index (χ1) is 11.1. The van der Waals surface area contributed by atoms with Crippen molar-refractivity contribution in [1.29, 1.82) is 0 Å². The van der Waals surface area contributed by atoms with Gasteiger partial charge in [0.25, 0.3) is 5.91 Å². The lowest BCUT2D eigenvalue weighted by Crippen LogP contribution is -2.30. The Morgan fingerprint density at radius 2 is 2.13 bits per heavy atom. The zero-order chi connectivity index (χ0) is 16.2. The first-order valence-electron chi connectivity index (χ1n) is 7.19. The van der Waals surface area contributed by atoms with Gasteiger partial charge >= 0.3 is 0 Å². The van der Waals surface area contributed by atoms with Gasteiger partial charge < -0.3 is 15.2 Å². The second-order valence-electron chi connectivity index (χ2n) is 5.07. The number of aromatic nitrogens is 3. The number of rotatable bonds is 5. The first kappa shape index (κ1) is 15.3. The molecule has 2 aromatic heterocycles. The number of benzene rings is 1. The number of nitrogens with zero attached hydrogens (tertiary/aromatic N) is 3. The molecular formula is C16H16ClN5O. The third-order valence-electron chi connectivity index (χ3n) is 3.48. The van der Waals surface area contributed by atoms with Crippen LogP contribution in [0, 0.1) is 0 Å². The Hall–Kier alpha value is -2.60. The highest BCUT2D eigenvalue weighted by atomic mass is 35.5. The summed E-state index contributed by atoms with van der Waals surface area (Å²) in [5, 5.41) is 7.60. The number of hydrogen-bond acceptors (Lipinski definition) is 4. The molecule has 3 rings (SSSR count). The molecule has 118 valence electrons. The summed E-state index contributed by atoms with van der Waals surface area (Å²) in [7, 11) is 1.84. The minimum absolute atomic E-state index is 0.0985. The van der Waals surface area contributed by atoms with Crippen LogP contribution in [-0.4, -0.2) is 33.5 Å². The van der Waals surface area contributed by atoms with Crippen molar-refractivity contribution in [3.63, 3.8) is 0 Å². The van der Waals surface area contributed by atoms with E-state index in [2.05, 4.69) is 20.6 Å². The second kappa shape index (κ2) is 6.66. The number of halogens is 1. The molecule has 2 heterocycles. The smallest absolute Gasteiger partial charge is 0.267 e. The van der Waals surface area contributed by atoms with Gasteiger partial charge in [0.05, 0.1) is 5.52 Å². The van der Waals surface area contributed by atoms with Crippen LogP contribution >= 0.6 is 11.6 Å². The highest BCUT2D eigenvalue weighted by molar-refractivity contribution is 6.31. The van der Waals surface area contributed by atoms with Crippen LogP contribution in [0.25, 0.3) is 10.9 Å². The monoisotopic (exact) mass is 329 g/mol. The molecule has 0 bridgehead atoms. The molecule has 3 aromatic rings. The van der Waals surface area contributed by atoms with Crippen molar-refractivity contribution in [2.75, 3.05) is 18.4 Å². The minimum atomic E-state index is -0.0985. The molecule has 0 saturated heterocycles. The third-order valence-corrected chi connectivity index (χ3v) is 3.71. The van der Waals surface area contributed by atoms with E-state index in [1.54, 1.807) is 22.8 Å². The maximum absolute atomic E-state index is 12.0. The molecule has 0 radical (unpaired) electrons. The maximum Gasteiger partial charge on any atom is 0.267 e. The van der Waals surface area contributed by atoms with Crippen LogP contribution in [-0.2, 0) is 7.05 Å². The van der Waals surface area contributed by atoms with Gasteiger partial charge in [-0.1, -0.05) is 11.6 Å². The van der Waals surface area contributed by atoms with Gasteiger partial charge in [-0.3, -0.25) is 4.79 Å². The molecule has 0 aliphatic heterocycles. The molecule has 0 spiro atoms. The van der Waals surface area contributed by atoms with Gasteiger partial charge in [0, 0.05) is 36.7 Å². The third kappa shape index (κ3) is 3.43. The largest absolute Gasteiger partial charge is 0.368 e. The highest BCUT2D eigenvalue weighted by Crippen LogP contribution is 2.22. The van der Waals surface area contributed by atoms with E-state index >= 15 is 0 Å². The predicted molar refractivity (Wildman–Crippen MR) is 90.8 cm³/mol. The second-order valence-corrected chi connectivity index (χ2v) is 5.51. The normalized spacial score (nSPS) is 10.7. The molecule has 0 aliphatic rings. The summed E-state index contributed by atoms with van der Waals surface area (Å²) in [5.74, 6) is 0.624. The number of aryl methyl sites for hydroxylation is 1. The van der Waals surface area contributed by atoms with E-state index in [1.165, 1.54) is 6.33 Å². The van der Waals surface area contributed by atoms with Crippen molar-refractivity contribution >= 4 is 34.2 Å². The van der Waals surface area contributed by atoms with Gasteiger partial charge in [-0.25, -0.2) is 9.97 Å². The molecule has 0 saturated carbocycles. The van der Waals surface area contributed by atoms with Crippen LogP contribution in [0.4, 0.5) is 5.82 Å². The van der Waals surface area contributed by atoms with E-state index < -0.39 is 0 Å². The average molecular weight is 330 g/mol. The number of fused-ring (bicyclic) bond motifs is 1. The SMILES string of the molecule is Cn1cccc1C(=O)NCCNc1ncnc2cc(Cl)ccc12. The van der Waals surface area contributed by atoms with Crippen LogP contribution in [0.2, 0.25) is 5.02 Å². The molecular weight excluding hydrogens is 314 g/mol. The van der Waals surface area contributed by atoms with E-state index in [-0.39, 0.29) is 5.91 Å². The summed E-state index contributed by atoms with van der Waals surface area (Å²) >= 11 is 5.96. The Labute approximate surface area is 138 Å². The Morgan fingerprint density at radius 1 is 1.26 bits per heavy atom. The van der Waals surface area contributed by atoms with Crippen molar-refractivity contribution < 1.29 is 4.79 Å². The summed E-state index contributed by atoms with van der Waals surface area (Å²) in [6, 6.07) is 9.09. The molecule has 0 unspecified atom stereocenters. The lowest BCUT2D eigenvalue weighted by molar-refractivity contribution is 0.0947. The fourth-order valence-electron chi connectivity index (χ4n) is 2.32. The summed E-state index contributed by atoms with van der Waals surface area (Å²) in [6.07, 6.45) is 3.33. The van der Waals surface area contributed by atoms with Crippen LogP contribution in [0.3, 0.4) is 0 Å². The standard InChI is InChI=1S/C16H16ClN5O/c1-22-8-2-3-14(22)16(23)19-7-6-18-15-12-5-4-11(17)9-13(12)20-10-21-15/h2-5,8-10H,6-7H2,1H3,(H,19,23)(H,18,20,21). The fourth-order valence-corrected chi connectivity index (χ4v) is 2.48.